The Balaban J connectivity index is 1.41. The van der Waals surface area contributed by atoms with Gasteiger partial charge in [-0.15, -0.1) is 0 Å². The first-order valence-corrected chi connectivity index (χ1v) is 8.75. The summed E-state index contributed by atoms with van der Waals surface area (Å²) in [6, 6.07) is 20.5. The van der Waals surface area contributed by atoms with Gasteiger partial charge in [0.15, 0.2) is 0 Å². The summed E-state index contributed by atoms with van der Waals surface area (Å²) in [5.74, 6) is 0.124. The minimum Gasteiger partial charge on any atom is -0.338 e. The van der Waals surface area contributed by atoms with Crippen LogP contribution in [0.5, 0.6) is 0 Å². The molecular weight excluding hydrogens is 310 g/mol. The molecule has 25 heavy (non-hydrogen) atoms. The van der Waals surface area contributed by atoms with Crippen molar-refractivity contribution >= 4 is 5.91 Å². The average molecular weight is 331 g/mol. The van der Waals surface area contributed by atoms with E-state index in [1.54, 1.807) is 0 Å². The number of piperidine rings is 1. The second kappa shape index (κ2) is 6.93. The molecule has 4 nitrogen and oxygen atoms in total. The Bertz CT molecular complexity index is 817. The fraction of sp³-hybridized carbons (Fsp3) is 0.238. The number of amides is 1. The van der Waals surface area contributed by atoms with E-state index in [0.29, 0.717) is 6.04 Å². The smallest absolute Gasteiger partial charge is 0.253 e. The third-order valence-corrected chi connectivity index (χ3v) is 4.89. The molecule has 4 heteroatoms. The quantitative estimate of drug-likeness (QED) is 0.727. The van der Waals surface area contributed by atoms with E-state index in [4.69, 9.17) is 0 Å². The highest BCUT2D eigenvalue weighted by Crippen LogP contribution is 2.24. The van der Waals surface area contributed by atoms with E-state index in [9.17, 15) is 4.79 Å². The van der Waals surface area contributed by atoms with Crippen LogP contribution in [0.25, 0.3) is 11.1 Å². The minimum absolute atomic E-state index is 0.124. The van der Waals surface area contributed by atoms with Gasteiger partial charge in [-0.25, -0.2) is 0 Å². The number of benzene rings is 2. The predicted octanol–water partition coefficient (Wildman–Crippen LogP) is 4.03. The molecule has 1 amide bonds. The number of aromatic nitrogens is 2. The zero-order valence-electron chi connectivity index (χ0n) is 14.1. The summed E-state index contributed by atoms with van der Waals surface area (Å²) >= 11 is 0. The average Bonchev–Trinajstić information content (AvgIpc) is 3.23. The highest BCUT2D eigenvalue weighted by molar-refractivity contribution is 5.94. The van der Waals surface area contributed by atoms with Crippen molar-refractivity contribution in [3.05, 3.63) is 78.6 Å². The number of carbonyl (C=O) groups excluding carboxylic acids is 1. The van der Waals surface area contributed by atoms with E-state index >= 15 is 0 Å². The van der Waals surface area contributed by atoms with Crippen LogP contribution < -0.4 is 0 Å². The molecule has 0 atom stereocenters. The molecule has 4 rings (SSSR count). The molecule has 0 saturated carbocycles. The molecule has 2 aromatic carbocycles. The lowest BCUT2D eigenvalue weighted by atomic mass is 10.0. The fourth-order valence-electron chi connectivity index (χ4n) is 3.45. The molecule has 0 bridgehead atoms. The van der Waals surface area contributed by atoms with E-state index in [2.05, 4.69) is 17.2 Å². The molecule has 0 N–H and O–H groups in total. The van der Waals surface area contributed by atoms with Crippen molar-refractivity contribution in [3.63, 3.8) is 0 Å². The van der Waals surface area contributed by atoms with Gasteiger partial charge in [0.2, 0.25) is 0 Å². The molecule has 2 heterocycles. The zero-order chi connectivity index (χ0) is 17.1. The summed E-state index contributed by atoms with van der Waals surface area (Å²) in [7, 11) is 0. The minimum atomic E-state index is 0.124. The van der Waals surface area contributed by atoms with Crippen LogP contribution in [0.2, 0.25) is 0 Å². The number of hydrogen-bond acceptors (Lipinski definition) is 2. The lowest BCUT2D eigenvalue weighted by molar-refractivity contribution is 0.0690. The second-order valence-corrected chi connectivity index (χ2v) is 6.45. The van der Waals surface area contributed by atoms with E-state index in [1.807, 2.05) is 70.5 Å². The van der Waals surface area contributed by atoms with E-state index in [-0.39, 0.29) is 5.91 Å². The van der Waals surface area contributed by atoms with Gasteiger partial charge in [0, 0.05) is 31.0 Å². The summed E-state index contributed by atoms with van der Waals surface area (Å²) in [6.07, 6.45) is 5.72. The zero-order valence-corrected chi connectivity index (χ0v) is 14.1. The molecule has 3 aromatic rings. The molecule has 1 saturated heterocycles. The summed E-state index contributed by atoms with van der Waals surface area (Å²) in [6.45, 7) is 1.56. The predicted molar refractivity (Wildman–Crippen MR) is 98.3 cm³/mol. The van der Waals surface area contributed by atoms with Crippen molar-refractivity contribution in [2.24, 2.45) is 0 Å². The number of nitrogens with zero attached hydrogens (tertiary/aromatic N) is 3. The van der Waals surface area contributed by atoms with Crippen molar-refractivity contribution in [1.29, 1.82) is 0 Å². The molecule has 0 unspecified atom stereocenters. The first-order chi connectivity index (χ1) is 12.3. The first kappa shape index (κ1) is 15.6. The topological polar surface area (TPSA) is 38.1 Å². The highest BCUT2D eigenvalue weighted by atomic mass is 16.2. The Morgan fingerprint density at radius 2 is 1.56 bits per heavy atom. The number of hydrogen-bond donors (Lipinski definition) is 0. The number of carbonyl (C=O) groups is 1. The van der Waals surface area contributed by atoms with Gasteiger partial charge in [-0.05, 0) is 42.2 Å². The van der Waals surface area contributed by atoms with Crippen LogP contribution >= 0.6 is 0 Å². The summed E-state index contributed by atoms with van der Waals surface area (Å²) < 4.78 is 2.01. The van der Waals surface area contributed by atoms with Crippen LogP contribution in [0.4, 0.5) is 0 Å². The van der Waals surface area contributed by atoms with Gasteiger partial charge in [0.05, 0.1) is 6.04 Å². The monoisotopic (exact) mass is 331 g/mol. The van der Waals surface area contributed by atoms with E-state index < -0.39 is 0 Å². The Kier molecular flexibility index (Phi) is 4.34. The molecule has 0 aliphatic carbocycles. The molecule has 1 aliphatic heterocycles. The molecule has 0 radical (unpaired) electrons. The molecule has 126 valence electrons. The molecule has 0 spiro atoms. The molecule has 1 fully saturated rings. The van der Waals surface area contributed by atoms with Gasteiger partial charge >= 0.3 is 0 Å². The Labute approximate surface area is 147 Å². The third-order valence-electron chi connectivity index (χ3n) is 4.89. The summed E-state index contributed by atoms with van der Waals surface area (Å²) in [4.78, 5) is 14.7. The van der Waals surface area contributed by atoms with Crippen molar-refractivity contribution in [1.82, 2.24) is 14.7 Å². The maximum Gasteiger partial charge on any atom is 0.253 e. The van der Waals surface area contributed by atoms with Gasteiger partial charge in [0.1, 0.15) is 0 Å². The maximum atomic E-state index is 12.7. The van der Waals surface area contributed by atoms with Crippen LogP contribution in [0, 0.1) is 0 Å². The van der Waals surface area contributed by atoms with Crippen molar-refractivity contribution in [3.8, 4) is 11.1 Å². The molecule has 1 aromatic heterocycles. The highest BCUT2D eigenvalue weighted by Gasteiger charge is 2.24. The first-order valence-electron chi connectivity index (χ1n) is 8.75. The third kappa shape index (κ3) is 3.33. The maximum absolute atomic E-state index is 12.7. The SMILES string of the molecule is O=C(c1ccc(-c2ccccc2)cc1)N1CCC(n2cccn2)CC1. The van der Waals surface area contributed by atoms with Crippen molar-refractivity contribution in [2.75, 3.05) is 13.1 Å². The van der Waals surface area contributed by atoms with Crippen molar-refractivity contribution < 1.29 is 4.79 Å². The fourth-order valence-corrected chi connectivity index (χ4v) is 3.45. The second-order valence-electron chi connectivity index (χ2n) is 6.45. The van der Waals surface area contributed by atoms with Gasteiger partial charge in [-0.3, -0.25) is 9.48 Å². The normalized spacial score (nSPS) is 15.3. The largest absolute Gasteiger partial charge is 0.338 e. The molecular formula is C21H21N3O. The summed E-state index contributed by atoms with van der Waals surface area (Å²) in [5.41, 5.74) is 3.06. The molecule has 1 aliphatic rings. The van der Waals surface area contributed by atoms with Crippen LogP contribution in [0.1, 0.15) is 29.2 Å². The van der Waals surface area contributed by atoms with Crippen LogP contribution in [0.3, 0.4) is 0 Å². The Hall–Kier alpha value is -2.88. The van der Waals surface area contributed by atoms with Crippen molar-refractivity contribution in [2.45, 2.75) is 18.9 Å². The van der Waals surface area contributed by atoms with Gasteiger partial charge < -0.3 is 4.90 Å². The number of likely N-dealkylation sites (tertiary alicyclic amines) is 1. The van der Waals surface area contributed by atoms with Gasteiger partial charge in [-0.2, -0.15) is 5.10 Å². The van der Waals surface area contributed by atoms with E-state index in [0.717, 1.165) is 37.1 Å². The van der Waals surface area contributed by atoms with Crippen LogP contribution in [0.15, 0.2) is 73.1 Å². The van der Waals surface area contributed by atoms with Gasteiger partial charge in [-0.1, -0.05) is 42.5 Å². The Morgan fingerprint density at radius 1 is 0.880 bits per heavy atom. The van der Waals surface area contributed by atoms with Gasteiger partial charge in [0.25, 0.3) is 5.91 Å². The lowest BCUT2D eigenvalue weighted by Crippen LogP contribution is -2.39. The van der Waals surface area contributed by atoms with Crippen LogP contribution in [-0.2, 0) is 0 Å². The standard InChI is InChI=1S/C21H21N3O/c25-21(23-15-11-20(12-16-23)24-14-4-13-22-24)19-9-7-18(8-10-19)17-5-2-1-3-6-17/h1-10,13-14,20H,11-12,15-16H2. The number of rotatable bonds is 3. The van der Waals surface area contributed by atoms with E-state index in [1.165, 1.54) is 5.56 Å². The Morgan fingerprint density at radius 3 is 2.20 bits per heavy atom. The summed E-state index contributed by atoms with van der Waals surface area (Å²) in [5, 5.41) is 4.32. The van der Waals surface area contributed by atoms with Crippen LogP contribution in [-0.4, -0.2) is 33.7 Å². The lowest BCUT2D eigenvalue weighted by Gasteiger charge is -2.32.